The van der Waals surface area contributed by atoms with Gasteiger partial charge in [-0.3, -0.25) is 9.59 Å². The van der Waals surface area contributed by atoms with E-state index >= 15 is 0 Å². The van der Waals surface area contributed by atoms with Gasteiger partial charge in [-0.15, -0.1) is 0 Å². The first-order chi connectivity index (χ1) is 16.3. The molecule has 0 spiro atoms. The van der Waals surface area contributed by atoms with Crippen molar-refractivity contribution in [3.63, 3.8) is 0 Å². The summed E-state index contributed by atoms with van der Waals surface area (Å²) in [6, 6.07) is 11.6. The Kier molecular flexibility index (Phi) is 8.75. The molecule has 1 unspecified atom stereocenters. The van der Waals surface area contributed by atoms with Crippen LogP contribution in [-0.4, -0.2) is 59.4 Å². The lowest BCUT2D eigenvalue weighted by Crippen LogP contribution is -2.38. The number of amides is 1. The van der Waals surface area contributed by atoms with E-state index in [2.05, 4.69) is 18.7 Å². The van der Waals surface area contributed by atoms with Gasteiger partial charge in [0, 0.05) is 23.7 Å². The Morgan fingerprint density at radius 2 is 1.76 bits per heavy atom. The summed E-state index contributed by atoms with van der Waals surface area (Å²) in [6.45, 7) is 11.3. The minimum absolute atomic E-state index is 0.0912. The number of ketones is 1. The molecule has 1 saturated heterocycles. The highest BCUT2D eigenvalue weighted by Crippen LogP contribution is 2.40. The maximum absolute atomic E-state index is 13.2. The molecule has 0 aromatic heterocycles. The maximum atomic E-state index is 13.2. The van der Waals surface area contributed by atoms with Crippen LogP contribution in [0.5, 0.6) is 5.75 Å². The largest absolute Gasteiger partial charge is 0.507 e. The van der Waals surface area contributed by atoms with Crippen LogP contribution in [0.3, 0.4) is 0 Å². The zero-order chi connectivity index (χ0) is 24.8. The van der Waals surface area contributed by atoms with Crippen LogP contribution >= 0.6 is 11.6 Å². The van der Waals surface area contributed by atoms with E-state index in [-0.39, 0.29) is 11.3 Å². The summed E-state index contributed by atoms with van der Waals surface area (Å²) >= 11 is 6.09. The fourth-order valence-corrected chi connectivity index (χ4v) is 4.34. The van der Waals surface area contributed by atoms with Crippen molar-refractivity contribution < 1.29 is 19.4 Å². The quantitative estimate of drug-likeness (QED) is 0.285. The van der Waals surface area contributed by atoms with Crippen LogP contribution in [0, 0.1) is 6.92 Å². The number of aryl methyl sites for hydroxylation is 1. The molecule has 1 heterocycles. The highest BCUT2D eigenvalue weighted by molar-refractivity contribution is 6.46. The molecule has 34 heavy (non-hydrogen) atoms. The molecule has 2 aromatic carbocycles. The smallest absolute Gasteiger partial charge is 0.295 e. The van der Waals surface area contributed by atoms with Crippen molar-refractivity contribution in [3.05, 3.63) is 69.8 Å². The first kappa shape index (κ1) is 25.8. The summed E-state index contributed by atoms with van der Waals surface area (Å²) < 4.78 is 5.73. The average molecular weight is 485 g/mol. The molecular weight excluding hydrogens is 452 g/mol. The van der Waals surface area contributed by atoms with E-state index < -0.39 is 17.7 Å². The third-order valence-corrected chi connectivity index (χ3v) is 6.44. The number of Topliss-reactive ketones (excluding diaryl/α,β-unsaturated/α-hetero) is 1. The molecule has 1 amide bonds. The summed E-state index contributed by atoms with van der Waals surface area (Å²) in [5, 5.41) is 11.8. The monoisotopic (exact) mass is 484 g/mol. The van der Waals surface area contributed by atoms with Gasteiger partial charge in [0.25, 0.3) is 11.7 Å². The maximum Gasteiger partial charge on any atom is 0.295 e. The summed E-state index contributed by atoms with van der Waals surface area (Å²) in [7, 11) is 0. The predicted octanol–water partition coefficient (Wildman–Crippen LogP) is 5.20. The van der Waals surface area contributed by atoms with Crippen molar-refractivity contribution in [2.45, 2.75) is 40.2 Å². The van der Waals surface area contributed by atoms with E-state index in [1.165, 1.54) is 0 Å². The Morgan fingerprint density at radius 1 is 1.09 bits per heavy atom. The first-order valence-corrected chi connectivity index (χ1v) is 12.2. The molecule has 3 rings (SSSR count). The highest BCUT2D eigenvalue weighted by Gasteiger charge is 2.46. The number of hydrogen-bond acceptors (Lipinski definition) is 5. The molecule has 1 aliphatic rings. The Morgan fingerprint density at radius 3 is 2.35 bits per heavy atom. The number of aliphatic hydroxyl groups excluding tert-OH is 1. The van der Waals surface area contributed by atoms with Crippen molar-refractivity contribution in [1.82, 2.24) is 9.80 Å². The SMILES string of the molecule is CCCOc1ccc(/C(O)=C2/C(=O)C(=O)N(CCN(CC)CC)C2c2ccc(Cl)cc2)cc1C. The van der Waals surface area contributed by atoms with E-state index in [4.69, 9.17) is 16.3 Å². The molecular formula is C27H33ClN2O4. The molecule has 2 aromatic rings. The second kappa shape index (κ2) is 11.5. The van der Waals surface area contributed by atoms with E-state index in [0.717, 1.165) is 36.4 Å². The number of hydrogen-bond donors (Lipinski definition) is 1. The van der Waals surface area contributed by atoms with Gasteiger partial charge in [-0.05, 0) is 67.9 Å². The van der Waals surface area contributed by atoms with Crippen LogP contribution in [0.2, 0.25) is 5.02 Å². The van der Waals surface area contributed by atoms with Gasteiger partial charge < -0.3 is 19.6 Å². The highest BCUT2D eigenvalue weighted by atomic mass is 35.5. The standard InChI is InChI=1S/C27H33ClN2O4/c1-5-16-34-22-13-10-20(17-18(22)4)25(31)23-24(19-8-11-21(28)12-9-19)30(27(33)26(23)32)15-14-29(6-2)7-3/h8-13,17,24,31H,5-7,14-16H2,1-4H3/b25-23-. The van der Waals surface area contributed by atoms with Crippen LogP contribution in [-0.2, 0) is 9.59 Å². The van der Waals surface area contributed by atoms with Crippen LogP contribution in [0.25, 0.3) is 5.76 Å². The minimum Gasteiger partial charge on any atom is -0.507 e. The van der Waals surface area contributed by atoms with Crippen LogP contribution < -0.4 is 4.74 Å². The Bertz CT molecular complexity index is 1060. The molecule has 0 saturated carbocycles. The zero-order valence-corrected chi connectivity index (χ0v) is 21.1. The second-order valence-electron chi connectivity index (χ2n) is 8.40. The van der Waals surface area contributed by atoms with Gasteiger partial charge in [0.05, 0.1) is 18.2 Å². The van der Waals surface area contributed by atoms with Crippen molar-refractivity contribution in [3.8, 4) is 5.75 Å². The number of ether oxygens (including phenoxy) is 1. The van der Waals surface area contributed by atoms with E-state index in [1.54, 1.807) is 47.4 Å². The molecule has 1 N–H and O–H groups in total. The Balaban J connectivity index is 2.06. The Hall–Kier alpha value is -2.83. The van der Waals surface area contributed by atoms with Gasteiger partial charge in [-0.1, -0.05) is 44.5 Å². The Labute approximate surface area is 206 Å². The van der Waals surface area contributed by atoms with Crippen molar-refractivity contribution in [1.29, 1.82) is 0 Å². The van der Waals surface area contributed by atoms with Crippen molar-refractivity contribution >= 4 is 29.1 Å². The molecule has 0 aliphatic carbocycles. The summed E-state index contributed by atoms with van der Waals surface area (Å²) in [5.74, 6) is -0.740. The lowest BCUT2D eigenvalue weighted by atomic mass is 9.95. The number of aliphatic hydroxyl groups is 1. The van der Waals surface area contributed by atoms with Gasteiger partial charge in [-0.2, -0.15) is 0 Å². The topological polar surface area (TPSA) is 70.1 Å². The average Bonchev–Trinajstić information content (AvgIpc) is 3.09. The molecule has 6 nitrogen and oxygen atoms in total. The number of carbonyl (C=O) groups is 2. The van der Waals surface area contributed by atoms with Gasteiger partial charge in [0.15, 0.2) is 0 Å². The normalized spacial score (nSPS) is 17.6. The zero-order valence-electron chi connectivity index (χ0n) is 20.3. The number of benzene rings is 2. The summed E-state index contributed by atoms with van der Waals surface area (Å²) in [4.78, 5) is 30.0. The van der Waals surface area contributed by atoms with Crippen molar-refractivity contribution in [2.24, 2.45) is 0 Å². The number of likely N-dealkylation sites (tertiary alicyclic amines) is 1. The number of nitrogens with zero attached hydrogens (tertiary/aromatic N) is 2. The second-order valence-corrected chi connectivity index (χ2v) is 8.84. The molecule has 0 bridgehead atoms. The van der Waals surface area contributed by atoms with E-state index in [1.807, 2.05) is 13.8 Å². The van der Waals surface area contributed by atoms with Crippen LogP contribution in [0.1, 0.15) is 49.9 Å². The van der Waals surface area contributed by atoms with E-state index in [9.17, 15) is 14.7 Å². The summed E-state index contributed by atoms with van der Waals surface area (Å²) in [5.41, 5.74) is 2.14. The molecule has 182 valence electrons. The molecule has 1 atom stereocenters. The lowest BCUT2D eigenvalue weighted by molar-refractivity contribution is -0.140. The molecule has 7 heteroatoms. The number of likely N-dealkylation sites (N-methyl/N-ethyl adjacent to an activating group) is 1. The molecule has 0 radical (unpaired) electrons. The lowest BCUT2D eigenvalue weighted by Gasteiger charge is -2.28. The summed E-state index contributed by atoms with van der Waals surface area (Å²) in [6.07, 6.45) is 0.888. The van der Waals surface area contributed by atoms with Crippen molar-refractivity contribution in [2.75, 3.05) is 32.8 Å². The number of carbonyl (C=O) groups excluding carboxylic acids is 2. The van der Waals surface area contributed by atoms with Crippen LogP contribution in [0.15, 0.2) is 48.0 Å². The van der Waals surface area contributed by atoms with E-state index in [0.29, 0.717) is 30.3 Å². The fraction of sp³-hybridized carbons (Fsp3) is 0.407. The van der Waals surface area contributed by atoms with Gasteiger partial charge in [0.1, 0.15) is 11.5 Å². The van der Waals surface area contributed by atoms with Gasteiger partial charge in [0.2, 0.25) is 0 Å². The minimum atomic E-state index is -0.691. The van der Waals surface area contributed by atoms with Crippen LogP contribution in [0.4, 0.5) is 0 Å². The fourth-order valence-electron chi connectivity index (χ4n) is 4.22. The van der Waals surface area contributed by atoms with Gasteiger partial charge >= 0.3 is 0 Å². The third-order valence-electron chi connectivity index (χ3n) is 6.19. The number of halogens is 1. The van der Waals surface area contributed by atoms with Gasteiger partial charge in [-0.25, -0.2) is 0 Å². The molecule has 1 aliphatic heterocycles. The predicted molar refractivity (Wildman–Crippen MR) is 135 cm³/mol. The number of rotatable bonds is 10. The first-order valence-electron chi connectivity index (χ1n) is 11.8. The molecule has 1 fully saturated rings. The third kappa shape index (κ3) is 5.45.